The normalized spacial score (nSPS) is 13.4. The van der Waals surface area contributed by atoms with Crippen LogP contribution in [0.25, 0.3) is 0 Å². The molecule has 0 radical (unpaired) electrons. The number of nitrogens with one attached hydrogen (secondary N) is 2. The molecule has 116 valence electrons. The molecule has 0 aromatic heterocycles. The lowest BCUT2D eigenvalue weighted by Gasteiger charge is -2.23. The SMILES string of the molecule is CSc1ccccc1NC(=O)C[NH+](C)[C@H](C)C(=O)N(C)C. The molecule has 0 aliphatic rings. The molecule has 0 aliphatic heterocycles. The number of carbonyl (C=O) groups excluding carboxylic acids is 2. The number of amides is 2. The molecule has 2 atom stereocenters. The molecule has 6 heteroatoms. The van der Waals surface area contributed by atoms with E-state index in [-0.39, 0.29) is 24.4 Å². The molecular formula is C15H24N3O2S+. The minimum absolute atomic E-state index is 0.0183. The average molecular weight is 310 g/mol. The van der Waals surface area contributed by atoms with Gasteiger partial charge in [-0.1, -0.05) is 12.1 Å². The Morgan fingerprint density at radius 3 is 2.52 bits per heavy atom. The number of para-hydroxylation sites is 1. The summed E-state index contributed by atoms with van der Waals surface area (Å²) in [6, 6.07) is 7.44. The summed E-state index contributed by atoms with van der Waals surface area (Å²) in [5, 5.41) is 2.91. The third-order valence-corrected chi connectivity index (χ3v) is 4.17. The van der Waals surface area contributed by atoms with Crippen molar-refractivity contribution in [3.05, 3.63) is 24.3 Å². The Kier molecular flexibility index (Phi) is 6.71. The van der Waals surface area contributed by atoms with Crippen LogP contribution >= 0.6 is 11.8 Å². The zero-order chi connectivity index (χ0) is 16.0. The number of quaternary nitrogens is 1. The fraction of sp³-hybridized carbons (Fsp3) is 0.467. The summed E-state index contributed by atoms with van der Waals surface area (Å²) in [5.74, 6) is -0.0720. The van der Waals surface area contributed by atoms with E-state index in [4.69, 9.17) is 0 Å². The highest BCUT2D eigenvalue weighted by atomic mass is 32.2. The largest absolute Gasteiger partial charge is 0.344 e. The molecule has 1 rings (SSSR count). The quantitative estimate of drug-likeness (QED) is 0.745. The Balaban J connectivity index is 2.63. The van der Waals surface area contributed by atoms with Gasteiger partial charge in [0.1, 0.15) is 0 Å². The molecule has 5 nitrogen and oxygen atoms in total. The van der Waals surface area contributed by atoms with E-state index in [1.54, 1.807) is 30.8 Å². The highest BCUT2D eigenvalue weighted by Crippen LogP contribution is 2.24. The van der Waals surface area contributed by atoms with Crippen LogP contribution in [0.2, 0.25) is 0 Å². The summed E-state index contributed by atoms with van der Waals surface area (Å²) in [7, 11) is 5.30. The maximum atomic E-state index is 12.1. The maximum Gasteiger partial charge on any atom is 0.280 e. The van der Waals surface area contributed by atoms with E-state index >= 15 is 0 Å². The van der Waals surface area contributed by atoms with Crippen molar-refractivity contribution in [2.24, 2.45) is 0 Å². The zero-order valence-electron chi connectivity index (χ0n) is 13.3. The number of likely N-dealkylation sites (N-methyl/N-ethyl adjacent to an activating group) is 2. The fourth-order valence-corrected chi connectivity index (χ4v) is 2.50. The third-order valence-electron chi connectivity index (χ3n) is 3.37. The molecule has 2 N–H and O–H groups in total. The summed E-state index contributed by atoms with van der Waals surface area (Å²) >= 11 is 1.59. The Morgan fingerprint density at radius 1 is 1.33 bits per heavy atom. The summed E-state index contributed by atoms with van der Waals surface area (Å²) in [6.45, 7) is 2.09. The number of nitrogens with zero attached hydrogens (tertiary/aromatic N) is 1. The molecule has 0 bridgehead atoms. The van der Waals surface area contributed by atoms with Gasteiger partial charge in [0.05, 0.1) is 12.7 Å². The highest BCUT2D eigenvalue weighted by molar-refractivity contribution is 7.98. The number of rotatable bonds is 6. The standard InChI is InChI=1S/C15H23N3O2S/c1-11(15(20)17(2)3)18(4)10-14(19)16-12-8-6-7-9-13(12)21-5/h6-9,11H,10H2,1-5H3,(H,16,19)/p+1/t11-/m1/s1. The lowest BCUT2D eigenvalue weighted by Crippen LogP contribution is -3.15. The number of hydrogen-bond acceptors (Lipinski definition) is 3. The van der Waals surface area contributed by atoms with E-state index in [0.29, 0.717) is 0 Å². The van der Waals surface area contributed by atoms with Crippen LogP contribution < -0.4 is 10.2 Å². The van der Waals surface area contributed by atoms with Crippen molar-refractivity contribution in [1.29, 1.82) is 0 Å². The Morgan fingerprint density at radius 2 is 1.95 bits per heavy atom. The van der Waals surface area contributed by atoms with Gasteiger partial charge in [0.2, 0.25) is 0 Å². The first-order chi connectivity index (χ1) is 9.86. The number of hydrogen-bond donors (Lipinski definition) is 2. The van der Waals surface area contributed by atoms with Crippen molar-refractivity contribution >= 4 is 29.3 Å². The lowest BCUT2D eigenvalue weighted by atomic mass is 10.2. The second-order valence-electron chi connectivity index (χ2n) is 5.23. The molecule has 1 unspecified atom stereocenters. The van der Waals surface area contributed by atoms with E-state index in [0.717, 1.165) is 15.5 Å². The van der Waals surface area contributed by atoms with Crippen molar-refractivity contribution in [1.82, 2.24) is 4.90 Å². The molecule has 0 saturated carbocycles. The summed E-state index contributed by atoms with van der Waals surface area (Å²) < 4.78 is 0. The van der Waals surface area contributed by atoms with Crippen LogP contribution in [0.5, 0.6) is 0 Å². The predicted molar refractivity (Wildman–Crippen MR) is 86.8 cm³/mol. The Labute approximate surface area is 130 Å². The first-order valence-electron chi connectivity index (χ1n) is 6.83. The van der Waals surface area contributed by atoms with Gasteiger partial charge in [-0.05, 0) is 25.3 Å². The van der Waals surface area contributed by atoms with Gasteiger partial charge in [-0.3, -0.25) is 9.59 Å². The molecule has 2 amide bonds. The molecule has 0 aliphatic carbocycles. The van der Waals surface area contributed by atoms with E-state index in [2.05, 4.69) is 5.32 Å². The second-order valence-corrected chi connectivity index (χ2v) is 6.07. The van der Waals surface area contributed by atoms with Gasteiger partial charge in [0.25, 0.3) is 11.8 Å². The van der Waals surface area contributed by atoms with Crippen molar-refractivity contribution in [2.75, 3.05) is 39.3 Å². The van der Waals surface area contributed by atoms with Crippen LogP contribution in [-0.4, -0.2) is 56.7 Å². The molecule has 0 saturated heterocycles. The maximum absolute atomic E-state index is 12.1. The Hall–Kier alpha value is -1.53. The lowest BCUT2D eigenvalue weighted by molar-refractivity contribution is -0.886. The van der Waals surface area contributed by atoms with Crippen molar-refractivity contribution in [2.45, 2.75) is 17.9 Å². The van der Waals surface area contributed by atoms with Crippen molar-refractivity contribution in [3.8, 4) is 0 Å². The minimum Gasteiger partial charge on any atom is -0.344 e. The van der Waals surface area contributed by atoms with Crippen LogP contribution in [0.3, 0.4) is 0 Å². The third kappa shape index (κ3) is 5.06. The smallest absolute Gasteiger partial charge is 0.280 e. The van der Waals surface area contributed by atoms with Gasteiger partial charge in [-0.2, -0.15) is 0 Å². The summed E-state index contributed by atoms with van der Waals surface area (Å²) in [4.78, 5) is 27.5. The molecule has 21 heavy (non-hydrogen) atoms. The fourth-order valence-electron chi connectivity index (χ4n) is 1.95. The van der Waals surface area contributed by atoms with Crippen LogP contribution in [0.1, 0.15) is 6.92 Å². The second kappa shape index (κ2) is 8.05. The zero-order valence-corrected chi connectivity index (χ0v) is 14.1. The summed E-state index contributed by atoms with van der Waals surface area (Å²) in [6.07, 6.45) is 1.97. The molecular weight excluding hydrogens is 286 g/mol. The van der Waals surface area contributed by atoms with Crippen LogP contribution in [0.4, 0.5) is 5.69 Å². The van der Waals surface area contributed by atoms with Crippen LogP contribution in [-0.2, 0) is 9.59 Å². The van der Waals surface area contributed by atoms with E-state index < -0.39 is 0 Å². The van der Waals surface area contributed by atoms with Crippen molar-refractivity contribution < 1.29 is 14.5 Å². The van der Waals surface area contributed by atoms with Gasteiger partial charge < -0.3 is 15.1 Å². The topological polar surface area (TPSA) is 53.9 Å². The van der Waals surface area contributed by atoms with Gasteiger partial charge in [-0.15, -0.1) is 11.8 Å². The average Bonchev–Trinajstić information content (AvgIpc) is 2.45. The molecule has 0 heterocycles. The minimum atomic E-state index is -0.249. The molecule has 1 aromatic carbocycles. The predicted octanol–water partition coefficient (Wildman–Crippen LogP) is 0.338. The molecule has 0 spiro atoms. The number of benzene rings is 1. The van der Waals surface area contributed by atoms with E-state index in [1.165, 1.54) is 0 Å². The number of thioether (sulfide) groups is 1. The van der Waals surface area contributed by atoms with Gasteiger partial charge in [0, 0.05) is 19.0 Å². The number of anilines is 1. The van der Waals surface area contributed by atoms with E-state index in [9.17, 15) is 9.59 Å². The first-order valence-corrected chi connectivity index (χ1v) is 8.05. The summed E-state index contributed by atoms with van der Waals surface area (Å²) in [5.41, 5.74) is 0.814. The van der Waals surface area contributed by atoms with Crippen LogP contribution in [0, 0.1) is 0 Å². The van der Waals surface area contributed by atoms with E-state index in [1.807, 2.05) is 44.5 Å². The van der Waals surface area contributed by atoms with Gasteiger partial charge >= 0.3 is 0 Å². The number of carbonyl (C=O) groups is 2. The van der Waals surface area contributed by atoms with Crippen molar-refractivity contribution in [3.63, 3.8) is 0 Å². The molecule has 1 aromatic rings. The van der Waals surface area contributed by atoms with Crippen LogP contribution in [0.15, 0.2) is 29.2 Å². The van der Waals surface area contributed by atoms with Gasteiger partial charge in [0.15, 0.2) is 12.6 Å². The molecule has 0 fully saturated rings. The monoisotopic (exact) mass is 310 g/mol. The first kappa shape index (κ1) is 17.5. The Bertz CT molecular complexity index is 505. The highest BCUT2D eigenvalue weighted by Gasteiger charge is 2.25. The van der Waals surface area contributed by atoms with Gasteiger partial charge in [-0.25, -0.2) is 0 Å².